The van der Waals surface area contributed by atoms with Crippen LogP contribution in [0, 0.1) is 11.7 Å². The maximum Gasteiger partial charge on any atom is 0.322 e. The zero-order valence-corrected chi connectivity index (χ0v) is 15.5. The molecule has 0 radical (unpaired) electrons. The summed E-state index contributed by atoms with van der Waals surface area (Å²) < 4.78 is 13.6. The maximum atomic E-state index is 13.6. The zero-order chi connectivity index (χ0) is 19.5. The summed E-state index contributed by atoms with van der Waals surface area (Å²) in [5.41, 5.74) is 1.14. The number of carbonyl (C=O) groups is 3. The maximum absolute atomic E-state index is 13.6. The third-order valence-corrected chi connectivity index (χ3v) is 6.62. The number of halogens is 1. The van der Waals surface area contributed by atoms with E-state index in [1.807, 2.05) is 11.0 Å². The van der Waals surface area contributed by atoms with Crippen molar-refractivity contribution in [2.45, 2.75) is 43.7 Å². The highest BCUT2D eigenvalue weighted by Gasteiger charge is 2.55. The second-order valence-electron chi connectivity index (χ2n) is 8.32. The number of urea groups is 1. The van der Waals surface area contributed by atoms with E-state index >= 15 is 0 Å². The molecule has 0 bridgehead atoms. The van der Waals surface area contributed by atoms with Crippen molar-refractivity contribution < 1.29 is 18.8 Å². The molecule has 1 saturated carbocycles. The highest BCUT2D eigenvalue weighted by molar-refractivity contribution is 6.07. The Balaban J connectivity index is 1.23. The lowest BCUT2D eigenvalue weighted by Crippen LogP contribution is -2.54. The number of hydrogen-bond acceptors (Lipinski definition) is 4. The summed E-state index contributed by atoms with van der Waals surface area (Å²) in [4.78, 5) is 40.8. The van der Waals surface area contributed by atoms with Crippen LogP contribution in [0.15, 0.2) is 18.2 Å². The van der Waals surface area contributed by atoms with Gasteiger partial charge in [0.2, 0.25) is 5.91 Å². The molecule has 7 nitrogen and oxygen atoms in total. The Bertz CT molecular complexity index is 871. The minimum atomic E-state index is -0.921. The largest absolute Gasteiger partial charge is 0.364 e. The molecule has 1 aromatic carbocycles. The lowest BCUT2D eigenvalue weighted by molar-refractivity contribution is -0.133. The van der Waals surface area contributed by atoms with E-state index in [0.29, 0.717) is 26.1 Å². The van der Waals surface area contributed by atoms with Gasteiger partial charge in [0.1, 0.15) is 11.4 Å². The average molecular weight is 386 g/mol. The Labute approximate surface area is 162 Å². The van der Waals surface area contributed by atoms with Gasteiger partial charge in [-0.2, -0.15) is 0 Å². The van der Waals surface area contributed by atoms with Crippen LogP contribution in [-0.4, -0.2) is 54.0 Å². The van der Waals surface area contributed by atoms with Crippen molar-refractivity contribution >= 4 is 23.5 Å². The summed E-state index contributed by atoms with van der Waals surface area (Å²) in [5.74, 6) is -0.398. The molecule has 0 aromatic heterocycles. The molecular weight excluding hydrogens is 363 g/mol. The molecule has 2 saturated heterocycles. The van der Waals surface area contributed by atoms with Crippen molar-refractivity contribution in [2.24, 2.45) is 5.92 Å². The fraction of sp³-hybridized carbons (Fsp3) is 0.550. The molecule has 8 heteroatoms. The van der Waals surface area contributed by atoms with Gasteiger partial charge in [0, 0.05) is 31.7 Å². The SMILES string of the molecule is O=C1NC(=O)[C@](CCC(=O)N2CCN3c4cc(F)ccc4CC3C2)(C2CC2)N1. The molecule has 28 heavy (non-hydrogen) atoms. The summed E-state index contributed by atoms with van der Waals surface area (Å²) >= 11 is 0. The van der Waals surface area contributed by atoms with Crippen molar-refractivity contribution in [1.82, 2.24) is 15.5 Å². The van der Waals surface area contributed by atoms with Gasteiger partial charge in [0.25, 0.3) is 5.91 Å². The number of imide groups is 1. The zero-order valence-electron chi connectivity index (χ0n) is 15.5. The summed E-state index contributed by atoms with van der Waals surface area (Å²) in [7, 11) is 0. The minimum absolute atomic E-state index is 0.00996. The van der Waals surface area contributed by atoms with E-state index in [1.165, 1.54) is 6.07 Å². The Hall–Kier alpha value is -2.64. The number of benzene rings is 1. The van der Waals surface area contributed by atoms with Crippen LogP contribution in [-0.2, 0) is 16.0 Å². The highest BCUT2D eigenvalue weighted by Crippen LogP contribution is 2.44. The van der Waals surface area contributed by atoms with E-state index < -0.39 is 11.6 Å². The molecule has 4 aliphatic rings. The van der Waals surface area contributed by atoms with E-state index in [2.05, 4.69) is 15.5 Å². The molecule has 148 valence electrons. The van der Waals surface area contributed by atoms with Crippen LogP contribution >= 0.6 is 0 Å². The van der Waals surface area contributed by atoms with Crippen LogP contribution in [0.5, 0.6) is 0 Å². The molecule has 3 heterocycles. The van der Waals surface area contributed by atoms with Gasteiger partial charge in [-0.15, -0.1) is 0 Å². The molecule has 5 rings (SSSR count). The van der Waals surface area contributed by atoms with Crippen molar-refractivity contribution in [3.63, 3.8) is 0 Å². The third kappa shape index (κ3) is 2.73. The average Bonchev–Trinajstić information content (AvgIpc) is 3.40. The number of piperazine rings is 1. The van der Waals surface area contributed by atoms with Crippen LogP contribution in [0.1, 0.15) is 31.2 Å². The number of fused-ring (bicyclic) bond motifs is 3. The molecule has 0 spiro atoms. The summed E-state index contributed by atoms with van der Waals surface area (Å²) in [6.07, 6.45) is 3.18. The molecule has 4 amide bonds. The Morgan fingerprint density at radius 1 is 1.25 bits per heavy atom. The minimum Gasteiger partial charge on any atom is -0.364 e. The second-order valence-corrected chi connectivity index (χ2v) is 8.32. The number of anilines is 1. The first-order chi connectivity index (χ1) is 13.5. The van der Waals surface area contributed by atoms with E-state index in [0.717, 1.165) is 30.5 Å². The molecule has 1 aromatic rings. The summed E-state index contributed by atoms with van der Waals surface area (Å²) in [6, 6.07) is 4.59. The van der Waals surface area contributed by atoms with E-state index in [1.54, 1.807) is 6.07 Å². The predicted molar refractivity (Wildman–Crippen MR) is 99.2 cm³/mol. The van der Waals surface area contributed by atoms with Gasteiger partial charge in [0.15, 0.2) is 0 Å². The van der Waals surface area contributed by atoms with Crippen molar-refractivity contribution in [3.05, 3.63) is 29.6 Å². The Morgan fingerprint density at radius 3 is 2.79 bits per heavy atom. The standard InChI is InChI=1S/C20H23FN4O3/c21-14-4-1-12-9-15-11-24(7-8-25(15)16(12)10-14)17(26)5-6-20(13-2-3-13)18(27)22-19(28)23-20/h1,4,10,13,15H,2-3,5-9,11H2,(H2,22,23,27,28)/t15?,20-/m0/s1. The van der Waals surface area contributed by atoms with Gasteiger partial charge in [-0.05, 0) is 49.3 Å². The number of rotatable bonds is 4. The van der Waals surface area contributed by atoms with Crippen molar-refractivity contribution in [1.29, 1.82) is 0 Å². The summed E-state index contributed by atoms with van der Waals surface area (Å²) in [5, 5.41) is 5.10. The number of hydrogen-bond donors (Lipinski definition) is 2. The predicted octanol–water partition coefficient (Wildman–Crippen LogP) is 1.17. The fourth-order valence-corrected chi connectivity index (χ4v) is 5.02. The number of carbonyl (C=O) groups excluding carboxylic acids is 3. The smallest absolute Gasteiger partial charge is 0.322 e. The first-order valence-electron chi connectivity index (χ1n) is 9.93. The monoisotopic (exact) mass is 386 g/mol. The molecule has 1 unspecified atom stereocenters. The first kappa shape index (κ1) is 17.5. The van der Waals surface area contributed by atoms with Gasteiger partial charge in [-0.1, -0.05) is 6.07 Å². The lowest BCUT2D eigenvalue weighted by Gasteiger charge is -2.39. The number of amides is 4. The quantitative estimate of drug-likeness (QED) is 0.761. The molecule has 1 aliphatic carbocycles. The second kappa shape index (κ2) is 6.18. The molecule has 3 fully saturated rings. The Kier molecular flexibility index (Phi) is 3.86. The normalized spacial score (nSPS) is 28.7. The van der Waals surface area contributed by atoms with Gasteiger partial charge in [-0.3, -0.25) is 14.9 Å². The van der Waals surface area contributed by atoms with Crippen LogP contribution < -0.4 is 15.5 Å². The molecule has 3 aliphatic heterocycles. The lowest BCUT2D eigenvalue weighted by atomic mass is 9.87. The van der Waals surface area contributed by atoms with Crippen LogP contribution in [0.3, 0.4) is 0 Å². The van der Waals surface area contributed by atoms with Gasteiger partial charge >= 0.3 is 6.03 Å². The fourth-order valence-electron chi connectivity index (χ4n) is 5.02. The van der Waals surface area contributed by atoms with Crippen LogP contribution in [0.2, 0.25) is 0 Å². The van der Waals surface area contributed by atoms with E-state index in [9.17, 15) is 18.8 Å². The molecule has 2 atom stereocenters. The van der Waals surface area contributed by atoms with Crippen LogP contribution in [0.4, 0.5) is 14.9 Å². The molecule has 2 N–H and O–H groups in total. The highest BCUT2D eigenvalue weighted by atomic mass is 19.1. The van der Waals surface area contributed by atoms with Crippen molar-refractivity contribution in [2.75, 3.05) is 24.5 Å². The van der Waals surface area contributed by atoms with Gasteiger partial charge in [-0.25, -0.2) is 9.18 Å². The molecular formula is C20H23FN4O3. The topological polar surface area (TPSA) is 81.8 Å². The Morgan fingerprint density at radius 2 is 2.07 bits per heavy atom. The first-order valence-corrected chi connectivity index (χ1v) is 9.93. The number of nitrogens with zero attached hydrogens (tertiary/aromatic N) is 2. The summed E-state index contributed by atoms with van der Waals surface area (Å²) in [6.45, 7) is 1.86. The third-order valence-electron chi connectivity index (χ3n) is 6.62. The number of nitrogens with one attached hydrogen (secondary N) is 2. The van der Waals surface area contributed by atoms with E-state index in [4.69, 9.17) is 0 Å². The van der Waals surface area contributed by atoms with Crippen LogP contribution in [0.25, 0.3) is 0 Å². The van der Waals surface area contributed by atoms with E-state index in [-0.39, 0.29) is 36.0 Å². The van der Waals surface area contributed by atoms with Crippen molar-refractivity contribution in [3.8, 4) is 0 Å². The van der Waals surface area contributed by atoms with Gasteiger partial charge < -0.3 is 15.1 Å². The van der Waals surface area contributed by atoms with Gasteiger partial charge in [0.05, 0.1) is 6.04 Å².